The Morgan fingerprint density at radius 3 is 1.87 bits per heavy atom. The number of nitrogens with zero attached hydrogens (tertiary/aromatic N) is 1. The SMILES string of the molecule is C=C.C=C(N=CC)c1ccccc1.C=C/C(=C\C)CC.CC.Cc1ccccc1-c1cc(SF)ccc1C. The lowest BCUT2D eigenvalue weighted by molar-refractivity contribution is 0.934. The van der Waals surface area contributed by atoms with Crippen LogP contribution >= 0.6 is 12.1 Å². The van der Waals surface area contributed by atoms with E-state index in [1.165, 1.54) is 22.3 Å². The summed E-state index contributed by atoms with van der Waals surface area (Å²) in [5.74, 6) is 0. The third kappa shape index (κ3) is 14.3. The number of aliphatic imine (C=N–C) groups is 1. The minimum atomic E-state index is 0.292. The van der Waals surface area contributed by atoms with Gasteiger partial charge in [0.25, 0.3) is 0 Å². The molecular weight excluding hydrogens is 485 g/mol. The number of halogens is 1. The van der Waals surface area contributed by atoms with Crippen LogP contribution in [-0.2, 0) is 0 Å². The molecule has 0 spiro atoms. The number of allylic oxidation sites excluding steroid dienone is 3. The summed E-state index contributed by atoms with van der Waals surface area (Å²) in [6.45, 7) is 27.6. The van der Waals surface area contributed by atoms with E-state index in [2.05, 4.69) is 70.3 Å². The number of aryl methyl sites for hydroxylation is 2. The van der Waals surface area contributed by atoms with Crippen LogP contribution < -0.4 is 0 Å². The quantitative estimate of drug-likeness (QED) is 0.175. The summed E-state index contributed by atoms with van der Waals surface area (Å²) in [5, 5.41) is 0. The average molecular weight is 532 g/mol. The van der Waals surface area contributed by atoms with Gasteiger partial charge in [-0.25, -0.2) is 0 Å². The molecule has 3 rings (SSSR count). The van der Waals surface area contributed by atoms with Crippen molar-refractivity contribution < 1.29 is 3.89 Å². The molecule has 0 aromatic heterocycles. The Kier molecular flexibility index (Phi) is 23.1. The Hall–Kier alpha value is -3.43. The third-order valence-corrected chi connectivity index (χ3v) is 5.60. The van der Waals surface area contributed by atoms with Crippen molar-refractivity contribution in [3.63, 3.8) is 0 Å². The van der Waals surface area contributed by atoms with E-state index >= 15 is 0 Å². The maximum absolute atomic E-state index is 12.6. The second kappa shape index (κ2) is 23.9. The first-order chi connectivity index (χ1) is 18.4. The minimum absolute atomic E-state index is 0.292. The standard InChI is InChI=1S/C14H13FS.C10H11N.C7H12.C2H6.C2H4/c1-10-5-3-4-6-13(10)14-9-12(16-15)8-7-11(14)2;1-3-11-9(2)10-7-5-4-6-8-10;1-4-7(5-2)6-3;2*1-2/h3-9H,1-2H3;3-8H,2H2,1H3;4-5H,1,6H2,2-3H3;1-2H3;1-2H2/b;;7-5+;;. The summed E-state index contributed by atoms with van der Waals surface area (Å²) in [5.41, 5.74) is 7.88. The molecule has 38 heavy (non-hydrogen) atoms. The molecule has 0 saturated heterocycles. The number of rotatable bonds is 6. The van der Waals surface area contributed by atoms with E-state index in [4.69, 9.17) is 0 Å². The van der Waals surface area contributed by atoms with Gasteiger partial charge in [-0.2, -0.15) is 3.89 Å². The van der Waals surface area contributed by atoms with Crippen molar-refractivity contribution in [2.75, 3.05) is 0 Å². The predicted octanol–water partition coefficient (Wildman–Crippen LogP) is 12.1. The summed E-state index contributed by atoms with van der Waals surface area (Å²) < 4.78 is 12.6. The first kappa shape index (κ1) is 36.7. The van der Waals surface area contributed by atoms with Gasteiger partial charge in [0, 0.05) is 11.1 Å². The molecule has 204 valence electrons. The van der Waals surface area contributed by atoms with Crippen LogP contribution in [-0.4, -0.2) is 6.21 Å². The summed E-state index contributed by atoms with van der Waals surface area (Å²) >= 11 is 0.292. The Labute approximate surface area is 236 Å². The molecule has 0 saturated carbocycles. The fourth-order valence-corrected chi connectivity index (χ4v) is 3.42. The van der Waals surface area contributed by atoms with Crippen LogP contribution in [0.1, 0.15) is 57.7 Å². The normalized spacial score (nSPS) is 9.74. The first-order valence-electron chi connectivity index (χ1n) is 12.9. The fourth-order valence-electron chi connectivity index (χ4n) is 3.14. The molecule has 0 heterocycles. The van der Waals surface area contributed by atoms with Crippen LogP contribution in [0, 0.1) is 13.8 Å². The molecule has 3 aromatic carbocycles. The van der Waals surface area contributed by atoms with Crippen LogP contribution in [0.25, 0.3) is 16.8 Å². The molecule has 0 N–H and O–H groups in total. The highest BCUT2D eigenvalue weighted by molar-refractivity contribution is 7.94. The van der Waals surface area contributed by atoms with E-state index in [1.807, 2.05) is 94.4 Å². The van der Waals surface area contributed by atoms with E-state index in [9.17, 15) is 3.89 Å². The summed E-state index contributed by atoms with van der Waals surface area (Å²) in [6.07, 6.45) is 6.81. The van der Waals surface area contributed by atoms with Crippen molar-refractivity contribution in [3.8, 4) is 11.1 Å². The van der Waals surface area contributed by atoms with Crippen molar-refractivity contribution in [1.82, 2.24) is 0 Å². The molecule has 0 atom stereocenters. The zero-order valence-electron chi connectivity index (χ0n) is 24.4. The Morgan fingerprint density at radius 2 is 1.42 bits per heavy atom. The molecule has 0 aliphatic rings. The van der Waals surface area contributed by atoms with Crippen LogP contribution in [0.4, 0.5) is 3.89 Å². The summed E-state index contributed by atoms with van der Waals surface area (Å²) in [6, 6.07) is 23.8. The van der Waals surface area contributed by atoms with Gasteiger partial charge in [0.05, 0.1) is 17.8 Å². The second-order valence-electron chi connectivity index (χ2n) is 7.49. The van der Waals surface area contributed by atoms with Crippen molar-refractivity contribution in [1.29, 1.82) is 0 Å². The molecule has 3 heteroatoms. The van der Waals surface area contributed by atoms with Crippen molar-refractivity contribution in [3.05, 3.63) is 134 Å². The fraction of sp³-hybridized carbons (Fsp3) is 0.229. The van der Waals surface area contributed by atoms with E-state index in [0.29, 0.717) is 17.0 Å². The summed E-state index contributed by atoms with van der Waals surface area (Å²) in [4.78, 5) is 4.73. The lowest BCUT2D eigenvalue weighted by Crippen LogP contribution is -1.86. The smallest absolute Gasteiger partial charge is 0.0812 e. The molecule has 0 aliphatic carbocycles. The van der Waals surface area contributed by atoms with Gasteiger partial charge >= 0.3 is 0 Å². The molecule has 3 aromatic rings. The molecule has 0 amide bonds. The zero-order valence-corrected chi connectivity index (χ0v) is 25.2. The van der Waals surface area contributed by atoms with Crippen molar-refractivity contribution in [2.24, 2.45) is 4.99 Å². The molecule has 0 unspecified atom stereocenters. The summed E-state index contributed by atoms with van der Waals surface area (Å²) in [7, 11) is 0. The van der Waals surface area contributed by atoms with Gasteiger partial charge in [0.2, 0.25) is 0 Å². The maximum Gasteiger partial charge on any atom is 0.0812 e. The van der Waals surface area contributed by atoms with Gasteiger partial charge in [0.1, 0.15) is 0 Å². The Bertz CT molecular complexity index is 1110. The maximum atomic E-state index is 12.6. The third-order valence-electron chi connectivity index (χ3n) is 5.17. The van der Waals surface area contributed by atoms with Crippen LogP contribution in [0.2, 0.25) is 0 Å². The minimum Gasteiger partial charge on any atom is -0.262 e. The number of hydrogen-bond acceptors (Lipinski definition) is 2. The van der Waals surface area contributed by atoms with E-state index in [-0.39, 0.29) is 0 Å². The zero-order chi connectivity index (χ0) is 29.3. The highest BCUT2D eigenvalue weighted by Crippen LogP contribution is 2.31. The van der Waals surface area contributed by atoms with Gasteiger partial charge in [-0.3, -0.25) is 4.99 Å². The topological polar surface area (TPSA) is 12.4 Å². The number of benzene rings is 3. The van der Waals surface area contributed by atoms with E-state index in [1.54, 1.807) is 6.21 Å². The molecular formula is C35H46FNS. The lowest BCUT2D eigenvalue weighted by atomic mass is 9.97. The van der Waals surface area contributed by atoms with E-state index < -0.39 is 0 Å². The molecule has 0 bridgehead atoms. The average Bonchev–Trinajstić information content (AvgIpc) is 2.98. The largest absolute Gasteiger partial charge is 0.262 e. The molecule has 0 fully saturated rings. The Balaban J connectivity index is 0. The highest BCUT2D eigenvalue weighted by atomic mass is 32.2. The molecule has 1 nitrogen and oxygen atoms in total. The van der Waals surface area contributed by atoms with Crippen molar-refractivity contribution in [2.45, 2.75) is 59.8 Å². The van der Waals surface area contributed by atoms with E-state index in [0.717, 1.165) is 23.2 Å². The first-order valence-corrected chi connectivity index (χ1v) is 13.6. The van der Waals surface area contributed by atoms with Crippen LogP contribution in [0.15, 0.2) is 127 Å². The van der Waals surface area contributed by atoms with Crippen LogP contribution in [0.5, 0.6) is 0 Å². The predicted molar refractivity (Wildman–Crippen MR) is 175 cm³/mol. The molecule has 0 aliphatic heterocycles. The second-order valence-corrected chi connectivity index (χ2v) is 8.12. The van der Waals surface area contributed by atoms with Crippen LogP contribution in [0.3, 0.4) is 0 Å². The lowest BCUT2D eigenvalue weighted by Gasteiger charge is -2.09. The van der Waals surface area contributed by atoms with Gasteiger partial charge in [-0.05, 0) is 74.1 Å². The van der Waals surface area contributed by atoms with Gasteiger partial charge in [-0.1, -0.05) is 112 Å². The number of hydrogen-bond donors (Lipinski definition) is 0. The monoisotopic (exact) mass is 531 g/mol. The highest BCUT2D eigenvalue weighted by Gasteiger charge is 2.06. The van der Waals surface area contributed by atoms with Gasteiger partial charge in [0.15, 0.2) is 0 Å². The molecule has 0 radical (unpaired) electrons. The van der Waals surface area contributed by atoms with Crippen molar-refractivity contribution >= 4 is 24.1 Å². The van der Waals surface area contributed by atoms with Gasteiger partial charge < -0.3 is 0 Å². The Morgan fingerprint density at radius 1 is 0.868 bits per heavy atom. The van der Waals surface area contributed by atoms with Gasteiger partial charge in [-0.15, -0.1) is 13.2 Å².